The lowest BCUT2D eigenvalue weighted by atomic mass is 10.0. The highest BCUT2D eigenvalue weighted by molar-refractivity contribution is 7.47. The summed E-state index contributed by atoms with van der Waals surface area (Å²) in [6.45, 7) is 6.83. The van der Waals surface area contributed by atoms with Crippen LogP contribution in [0.2, 0.25) is 0 Å². The molecule has 0 rings (SSSR count). The van der Waals surface area contributed by atoms with Gasteiger partial charge in [-0.15, -0.1) is 0 Å². The maximum Gasteiger partial charge on any atom is 0.472 e. The van der Waals surface area contributed by atoms with Gasteiger partial charge in [0, 0.05) is 12.8 Å². The highest BCUT2D eigenvalue weighted by atomic mass is 31.2. The number of quaternary nitrogens is 1. The molecule has 0 saturated heterocycles. The normalized spacial score (nSPS) is 14.4. The Hall–Kier alpha value is -3.59. The zero-order valence-corrected chi connectivity index (χ0v) is 53.2. The Balaban J connectivity index is 5.29. The number of amides is 1. The summed E-state index contributed by atoms with van der Waals surface area (Å²) in [7, 11) is 1.45. The summed E-state index contributed by atoms with van der Waals surface area (Å²) in [6, 6.07) is -0.877. The Morgan fingerprint density at radius 1 is 0.450 bits per heavy atom. The van der Waals surface area contributed by atoms with Crippen LogP contribution in [0.5, 0.6) is 0 Å². The zero-order chi connectivity index (χ0) is 58.6. The van der Waals surface area contributed by atoms with Crippen molar-refractivity contribution in [2.75, 3.05) is 40.9 Å². The topological polar surface area (TPSA) is 111 Å². The van der Waals surface area contributed by atoms with Gasteiger partial charge in [0.1, 0.15) is 19.3 Å². The molecular formula is C70H122N2O7P+. The number of esters is 1. The molecule has 80 heavy (non-hydrogen) atoms. The van der Waals surface area contributed by atoms with Crippen LogP contribution in [-0.4, -0.2) is 74.3 Å². The fourth-order valence-corrected chi connectivity index (χ4v) is 9.39. The van der Waals surface area contributed by atoms with Crippen LogP contribution in [0.1, 0.15) is 258 Å². The quantitative estimate of drug-likeness (QED) is 0.0205. The summed E-state index contributed by atoms with van der Waals surface area (Å²) in [5.74, 6) is -0.561. The second-order valence-electron chi connectivity index (χ2n) is 22.5. The van der Waals surface area contributed by atoms with Gasteiger partial charge in [0.05, 0.1) is 33.8 Å². The largest absolute Gasteiger partial charge is 0.472 e. The number of unbranched alkanes of at least 4 members (excludes halogenated alkanes) is 23. The highest BCUT2D eigenvalue weighted by Crippen LogP contribution is 2.43. The molecular weight excluding hydrogens is 1010 g/mol. The molecule has 0 saturated carbocycles. The molecule has 0 bridgehead atoms. The number of rotatable bonds is 57. The average Bonchev–Trinajstić information content (AvgIpc) is 3.43. The van der Waals surface area contributed by atoms with Gasteiger partial charge in [-0.1, -0.05) is 245 Å². The molecule has 3 unspecified atom stereocenters. The Labute approximate surface area is 493 Å². The maximum absolute atomic E-state index is 13.6. The smallest absolute Gasteiger partial charge is 0.456 e. The van der Waals surface area contributed by atoms with Gasteiger partial charge >= 0.3 is 13.8 Å². The van der Waals surface area contributed by atoms with Crippen molar-refractivity contribution in [2.45, 2.75) is 270 Å². The SMILES string of the molecule is CC/C=C\C/C=C\C/C=C\C/C=C\C/C=C\CCCCCC(=O)OC(/C=C\CCCCCCCCCCCC)C(COP(=O)(O)OCC[N+](C)(C)C)NC(=O)CCCCCCCCC/C=C\C/C=C\C/C=C\C/C=C\CCCCC. The van der Waals surface area contributed by atoms with Crippen LogP contribution in [-0.2, 0) is 27.9 Å². The molecule has 3 atom stereocenters. The second kappa shape index (κ2) is 58.6. The van der Waals surface area contributed by atoms with Crippen molar-refractivity contribution in [1.29, 1.82) is 0 Å². The van der Waals surface area contributed by atoms with Crippen molar-refractivity contribution in [3.63, 3.8) is 0 Å². The molecule has 458 valence electrons. The van der Waals surface area contributed by atoms with Gasteiger partial charge in [0.15, 0.2) is 0 Å². The third kappa shape index (κ3) is 59.0. The molecule has 0 radical (unpaired) electrons. The first-order valence-electron chi connectivity index (χ1n) is 32.4. The molecule has 1 amide bonds. The third-order valence-corrected chi connectivity index (χ3v) is 14.6. The van der Waals surface area contributed by atoms with Crippen molar-refractivity contribution >= 4 is 19.7 Å². The number of ether oxygens (including phenoxy) is 1. The molecule has 0 aliphatic heterocycles. The number of phosphoric ester groups is 1. The zero-order valence-electron chi connectivity index (χ0n) is 52.3. The molecule has 0 fully saturated rings. The lowest BCUT2D eigenvalue weighted by molar-refractivity contribution is -0.870. The Morgan fingerprint density at radius 3 is 1.24 bits per heavy atom. The number of phosphoric acid groups is 1. The molecule has 0 aromatic heterocycles. The second-order valence-corrected chi connectivity index (χ2v) is 24.0. The lowest BCUT2D eigenvalue weighted by Gasteiger charge is -2.27. The van der Waals surface area contributed by atoms with Gasteiger partial charge in [0.2, 0.25) is 5.91 Å². The number of nitrogens with one attached hydrogen (secondary N) is 1. The molecule has 0 spiro atoms. The van der Waals surface area contributed by atoms with Gasteiger partial charge in [-0.05, 0) is 122 Å². The monoisotopic (exact) mass is 1130 g/mol. The maximum atomic E-state index is 13.6. The van der Waals surface area contributed by atoms with E-state index in [1.165, 1.54) is 96.3 Å². The first-order valence-corrected chi connectivity index (χ1v) is 33.9. The van der Waals surface area contributed by atoms with Crippen molar-refractivity contribution in [3.8, 4) is 0 Å². The summed E-state index contributed by atoms with van der Waals surface area (Å²) in [5, 5.41) is 3.04. The van der Waals surface area contributed by atoms with Crippen LogP contribution in [0, 0.1) is 0 Å². The van der Waals surface area contributed by atoms with E-state index in [4.69, 9.17) is 13.8 Å². The fraction of sp³-hybridized carbons (Fsp3) is 0.686. The number of hydrogen-bond donors (Lipinski definition) is 2. The Morgan fingerprint density at radius 2 is 0.800 bits per heavy atom. The summed E-state index contributed by atoms with van der Waals surface area (Å²) < 4.78 is 30.7. The van der Waals surface area contributed by atoms with E-state index in [0.717, 1.165) is 122 Å². The molecule has 0 aliphatic carbocycles. The van der Waals surface area contributed by atoms with E-state index in [9.17, 15) is 19.0 Å². The molecule has 0 aromatic carbocycles. The first-order chi connectivity index (χ1) is 38.9. The average molecular weight is 1130 g/mol. The van der Waals surface area contributed by atoms with Crippen molar-refractivity contribution in [2.24, 2.45) is 0 Å². The number of nitrogens with zero attached hydrogens (tertiary/aromatic N) is 1. The van der Waals surface area contributed by atoms with Crippen LogP contribution in [0.4, 0.5) is 0 Å². The predicted octanol–water partition coefficient (Wildman–Crippen LogP) is 20.3. The number of allylic oxidation sites excluding steroid dienone is 19. The van der Waals surface area contributed by atoms with Gasteiger partial charge in [0.25, 0.3) is 0 Å². The van der Waals surface area contributed by atoms with Crippen LogP contribution in [0.15, 0.2) is 122 Å². The number of carbonyl (C=O) groups excluding carboxylic acids is 2. The Bertz CT molecular complexity index is 1780. The minimum atomic E-state index is -4.47. The van der Waals surface area contributed by atoms with E-state index in [0.29, 0.717) is 23.9 Å². The summed E-state index contributed by atoms with van der Waals surface area (Å²) in [5.41, 5.74) is 0. The van der Waals surface area contributed by atoms with E-state index in [1.807, 2.05) is 33.3 Å². The van der Waals surface area contributed by atoms with E-state index in [2.05, 4.69) is 135 Å². The van der Waals surface area contributed by atoms with Gasteiger partial charge < -0.3 is 19.4 Å². The predicted molar refractivity (Wildman–Crippen MR) is 346 cm³/mol. The molecule has 2 N–H and O–H groups in total. The summed E-state index contributed by atoms with van der Waals surface area (Å²) >= 11 is 0. The lowest BCUT2D eigenvalue weighted by Crippen LogP contribution is -2.47. The number of carbonyl (C=O) groups is 2. The summed E-state index contributed by atoms with van der Waals surface area (Å²) in [4.78, 5) is 37.8. The number of hydrogen-bond acceptors (Lipinski definition) is 6. The van der Waals surface area contributed by atoms with E-state index >= 15 is 0 Å². The van der Waals surface area contributed by atoms with Crippen LogP contribution < -0.4 is 5.32 Å². The first kappa shape index (κ1) is 76.4. The minimum absolute atomic E-state index is 0.0257. The van der Waals surface area contributed by atoms with E-state index < -0.39 is 20.0 Å². The van der Waals surface area contributed by atoms with Gasteiger partial charge in [-0.3, -0.25) is 18.6 Å². The fourth-order valence-electron chi connectivity index (χ4n) is 8.66. The number of likely N-dealkylation sites (N-methyl/N-ethyl adjacent to an activating group) is 1. The van der Waals surface area contributed by atoms with Crippen LogP contribution in [0.25, 0.3) is 0 Å². The summed E-state index contributed by atoms with van der Waals surface area (Å²) in [6.07, 6.45) is 81.9. The molecule has 0 heterocycles. The molecule has 9 nitrogen and oxygen atoms in total. The van der Waals surface area contributed by atoms with E-state index in [-0.39, 0.29) is 31.5 Å². The molecule has 0 aliphatic rings. The van der Waals surface area contributed by atoms with Crippen molar-refractivity contribution in [1.82, 2.24) is 5.32 Å². The van der Waals surface area contributed by atoms with Crippen LogP contribution >= 0.6 is 7.82 Å². The minimum Gasteiger partial charge on any atom is -0.456 e. The molecule has 10 heteroatoms. The highest BCUT2D eigenvalue weighted by Gasteiger charge is 2.30. The van der Waals surface area contributed by atoms with Crippen molar-refractivity contribution < 1.29 is 37.3 Å². The third-order valence-electron chi connectivity index (χ3n) is 13.6. The van der Waals surface area contributed by atoms with Crippen molar-refractivity contribution in [3.05, 3.63) is 122 Å². The van der Waals surface area contributed by atoms with Gasteiger partial charge in [-0.25, -0.2) is 4.57 Å². The van der Waals surface area contributed by atoms with Gasteiger partial charge in [-0.2, -0.15) is 0 Å². The molecule has 0 aromatic rings. The standard InChI is InChI=1S/C70H121N2O7P/c1-7-10-13-16-19-22-25-28-30-32-34-35-36-37-39-40-42-44-47-50-53-56-59-62-69(73)71-67(66-78-80(75,76)77-65-64-72(4,5)6)68(61-58-55-52-49-46-27-24-21-18-15-12-9-3)79-70(74)63-60-57-54-51-48-45-43-41-38-33-31-29-26-23-20-17-14-11-8-2/h11,14,19-20,22-23,28-31,34-35,37-39,41,45,48,58,61,67-68H,7-10,12-13,15-18,21,24-27,32-33,36,40,42-44,46-47,49-57,59-60,62-66H2,1-6H3,(H-,71,73,75,76)/p+1/b14-11-,22-19-,23-20-,30-28-,31-29-,35-34-,39-37-,41-38-,48-45-,61-58-. The van der Waals surface area contributed by atoms with Crippen LogP contribution in [0.3, 0.4) is 0 Å². The Kier molecular flexibility index (Phi) is 56.0. The van der Waals surface area contributed by atoms with E-state index in [1.54, 1.807) is 0 Å².